The number of carbonyl (C=O) groups is 2. The minimum atomic E-state index is -0.331. The standard InChI is InChI=1S/C26H32N2O4/c1-5-6-15-32-16-9-14-28-25(29)23(20-13-12-18(2)19(3)17-20)24(26(28)30)27-21-10-7-8-11-22(21)31-4/h7-8,10-13,17,27H,5-6,9,14-16H2,1-4H3. The highest BCUT2D eigenvalue weighted by Gasteiger charge is 2.39. The SMILES string of the molecule is CCCCOCCCN1C(=O)C(Nc2ccccc2OC)=C(c2ccc(C)c(C)c2)C1=O. The maximum atomic E-state index is 13.4. The van der Waals surface area contributed by atoms with E-state index in [0.29, 0.717) is 43.2 Å². The molecule has 0 aromatic heterocycles. The second kappa shape index (κ2) is 11.0. The third-order valence-corrected chi connectivity index (χ3v) is 5.64. The molecule has 6 nitrogen and oxygen atoms in total. The molecule has 2 aromatic carbocycles. The zero-order valence-corrected chi connectivity index (χ0v) is 19.4. The largest absolute Gasteiger partial charge is 0.495 e. The van der Waals surface area contributed by atoms with Crippen molar-refractivity contribution < 1.29 is 19.1 Å². The van der Waals surface area contributed by atoms with Gasteiger partial charge in [-0.1, -0.05) is 43.7 Å². The first-order valence-corrected chi connectivity index (χ1v) is 11.1. The Morgan fingerprint density at radius 2 is 1.69 bits per heavy atom. The van der Waals surface area contributed by atoms with Crippen molar-refractivity contribution in [3.8, 4) is 5.75 Å². The molecule has 0 radical (unpaired) electrons. The Labute approximate surface area is 190 Å². The number of para-hydroxylation sites is 2. The zero-order valence-electron chi connectivity index (χ0n) is 19.4. The number of nitrogens with zero attached hydrogens (tertiary/aromatic N) is 1. The van der Waals surface area contributed by atoms with Crippen LogP contribution in [0.2, 0.25) is 0 Å². The summed E-state index contributed by atoms with van der Waals surface area (Å²) >= 11 is 0. The second-order valence-electron chi connectivity index (χ2n) is 7.96. The van der Waals surface area contributed by atoms with Crippen molar-refractivity contribution in [1.29, 1.82) is 0 Å². The number of hydrogen-bond donors (Lipinski definition) is 1. The fourth-order valence-corrected chi connectivity index (χ4v) is 3.62. The number of methoxy groups -OCH3 is 1. The summed E-state index contributed by atoms with van der Waals surface area (Å²) < 4.78 is 11.0. The number of amides is 2. The molecule has 0 saturated heterocycles. The minimum absolute atomic E-state index is 0.273. The van der Waals surface area contributed by atoms with Crippen LogP contribution in [0.5, 0.6) is 5.75 Å². The van der Waals surface area contributed by atoms with Crippen LogP contribution in [0.25, 0.3) is 5.57 Å². The lowest BCUT2D eigenvalue weighted by molar-refractivity contribution is -0.137. The van der Waals surface area contributed by atoms with E-state index in [1.807, 2.05) is 56.3 Å². The van der Waals surface area contributed by atoms with Gasteiger partial charge in [-0.2, -0.15) is 0 Å². The van der Waals surface area contributed by atoms with E-state index < -0.39 is 0 Å². The van der Waals surface area contributed by atoms with Gasteiger partial charge in [0.2, 0.25) is 0 Å². The third-order valence-electron chi connectivity index (χ3n) is 5.64. The van der Waals surface area contributed by atoms with Gasteiger partial charge in [0.05, 0.1) is 18.4 Å². The monoisotopic (exact) mass is 436 g/mol. The van der Waals surface area contributed by atoms with E-state index in [1.54, 1.807) is 7.11 Å². The Morgan fingerprint density at radius 1 is 0.938 bits per heavy atom. The van der Waals surface area contributed by atoms with Gasteiger partial charge in [-0.3, -0.25) is 14.5 Å². The smallest absolute Gasteiger partial charge is 0.278 e. The quantitative estimate of drug-likeness (QED) is 0.408. The molecule has 0 bridgehead atoms. The topological polar surface area (TPSA) is 67.9 Å². The molecule has 0 fully saturated rings. The number of nitrogens with one attached hydrogen (secondary N) is 1. The highest BCUT2D eigenvalue weighted by atomic mass is 16.5. The number of carbonyl (C=O) groups excluding carboxylic acids is 2. The lowest BCUT2D eigenvalue weighted by atomic mass is 9.99. The van der Waals surface area contributed by atoms with E-state index in [4.69, 9.17) is 9.47 Å². The fraction of sp³-hybridized carbons (Fsp3) is 0.385. The Balaban J connectivity index is 1.89. The first-order valence-electron chi connectivity index (χ1n) is 11.1. The molecular formula is C26H32N2O4. The molecule has 0 spiro atoms. The number of anilines is 1. The van der Waals surface area contributed by atoms with Gasteiger partial charge in [0.15, 0.2) is 0 Å². The average Bonchev–Trinajstić information content (AvgIpc) is 3.02. The predicted octanol–water partition coefficient (Wildman–Crippen LogP) is 4.71. The molecule has 0 atom stereocenters. The molecule has 1 N–H and O–H groups in total. The molecule has 6 heteroatoms. The van der Waals surface area contributed by atoms with Crippen LogP contribution < -0.4 is 10.1 Å². The maximum absolute atomic E-state index is 13.4. The number of rotatable bonds is 11. The van der Waals surface area contributed by atoms with Crippen molar-refractivity contribution >= 4 is 23.1 Å². The van der Waals surface area contributed by atoms with Gasteiger partial charge in [0, 0.05) is 19.8 Å². The number of hydrogen-bond acceptors (Lipinski definition) is 5. The van der Waals surface area contributed by atoms with Gasteiger partial charge in [-0.05, 0) is 55.5 Å². The molecule has 2 amide bonds. The summed E-state index contributed by atoms with van der Waals surface area (Å²) in [5.74, 6) is -0.0191. The van der Waals surface area contributed by atoms with Gasteiger partial charge in [0.1, 0.15) is 11.4 Å². The summed E-state index contributed by atoms with van der Waals surface area (Å²) in [5, 5.41) is 3.18. The molecule has 2 aromatic rings. The van der Waals surface area contributed by atoms with Crippen LogP contribution in [0.3, 0.4) is 0 Å². The number of unbranched alkanes of at least 4 members (excludes halogenated alkanes) is 1. The van der Waals surface area contributed by atoms with Crippen LogP contribution in [0.4, 0.5) is 5.69 Å². The van der Waals surface area contributed by atoms with Crippen molar-refractivity contribution in [3.63, 3.8) is 0 Å². The van der Waals surface area contributed by atoms with Crippen LogP contribution in [0, 0.1) is 13.8 Å². The third kappa shape index (κ3) is 5.19. The molecule has 170 valence electrons. The normalized spacial score (nSPS) is 13.8. The Kier molecular flexibility index (Phi) is 8.06. The number of ether oxygens (including phenoxy) is 2. The van der Waals surface area contributed by atoms with Crippen LogP contribution in [-0.4, -0.2) is 43.6 Å². The van der Waals surface area contributed by atoms with Crippen molar-refractivity contribution in [2.24, 2.45) is 0 Å². The molecule has 1 aliphatic heterocycles. The Morgan fingerprint density at radius 3 is 2.41 bits per heavy atom. The van der Waals surface area contributed by atoms with Crippen LogP contribution in [-0.2, 0) is 14.3 Å². The molecule has 0 saturated carbocycles. The molecule has 32 heavy (non-hydrogen) atoms. The Hall–Kier alpha value is -3.12. The van der Waals surface area contributed by atoms with E-state index >= 15 is 0 Å². The summed E-state index contributed by atoms with van der Waals surface area (Å²) in [7, 11) is 1.58. The molecular weight excluding hydrogens is 404 g/mol. The summed E-state index contributed by atoms with van der Waals surface area (Å²) in [6.07, 6.45) is 2.68. The average molecular weight is 437 g/mol. The summed E-state index contributed by atoms with van der Waals surface area (Å²) in [4.78, 5) is 28.0. The molecule has 0 aliphatic carbocycles. The first kappa shape index (κ1) is 23.5. The van der Waals surface area contributed by atoms with E-state index in [-0.39, 0.29) is 17.5 Å². The zero-order chi connectivity index (χ0) is 23.1. The highest BCUT2D eigenvalue weighted by Crippen LogP contribution is 2.33. The van der Waals surface area contributed by atoms with E-state index in [2.05, 4.69) is 12.2 Å². The van der Waals surface area contributed by atoms with Gasteiger partial charge in [-0.25, -0.2) is 0 Å². The Bertz CT molecular complexity index is 1010. The molecule has 0 unspecified atom stereocenters. The number of benzene rings is 2. The number of aryl methyl sites for hydroxylation is 2. The van der Waals surface area contributed by atoms with Gasteiger partial charge in [0.25, 0.3) is 11.8 Å². The van der Waals surface area contributed by atoms with Gasteiger partial charge in [-0.15, -0.1) is 0 Å². The van der Waals surface area contributed by atoms with Crippen LogP contribution >= 0.6 is 0 Å². The van der Waals surface area contributed by atoms with Gasteiger partial charge >= 0.3 is 0 Å². The van der Waals surface area contributed by atoms with Crippen molar-refractivity contribution in [2.75, 3.05) is 32.2 Å². The fourth-order valence-electron chi connectivity index (χ4n) is 3.62. The lowest BCUT2D eigenvalue weighted by Crippen LogP contribution is -2.34. The van der Waals surface area contributed by atoms with Gasteiger partial charge < -0.3 is 14.8 Å². The van der Waals surface area contributed by atoms with Crippen LogP contribution in [0.15, 0.2) is 48.2 Å². The van der Waals surface area contributed by atoms with Crippen molar-refractivity contribution in [3.05, 3.63) is 64.9 Å². The summed E-state index contributed by atoms with van der Waals surface area (Å²) in [6.45, 7) is 7.67. The lowest BCUT2D eigenvalue weighted by Gasteiger charge is -2.16. The van der Waals surface area contributed by atoms with Crippen molar-refractivity contribution in [2.45, 2.75) is 40.0 Å². The molecule has 1 aliphatic rings. The van der Waals surface area contributed by atoms with E-state index in [9.17, 15) is 9.59 Å². The minimum Gasteiger partial charge on any atom is -0.495 e. The maximum Gasteiger partial charge on any atom is 0.278 e. The molecule has 1 heterocycles. The van der Waals surface area contributed by atoms with E-state index in [1.165, 1.54) is 4.90 Å². The van der Waals surface area contributed by atoms with Crippen molar-refractivity contribution in [1.82, 2.24) is 4.90 Å². The summed E-state index contributed by atoms with van der Waals surface area (Å²) in [5.41, 5.74) is 4.22. The predicted molar refractivity (Wildman–Crippen MR) is 127 cm³/mol. The highest BCUT2D eigenvalue weighted by molar-refractivity contribution is 6.36. The molecule has 3 rings (SSSR count). The second-order valence-corrected chi connectivity index (χ2v) is 7.96. The summed E-state index contributed by atoms with van der Waals surface area (Å²) in [6, 6.07) is 13.2. The van der Waals surface area contributed by atoms with Crippen LogP contribution in [0.1, 0.15) is 42.9 Å². The first-order chi connectivity index (χ1) is 15.5. The van der Waals surface area contributed by atoms with E-state index in [0.717, 1.165) is 29.5 Å². The number of imide groups is 1.